The number of cyclic esters (lactones) is 1. The van der Waals surface area contributed by atoms with Crippen molar-refractivity contribution in [1.82, 2.24) is 4.90 Å². The summed E-state index contributed by atoms with van der Waals surface area (Å²) < 4.78 is 37.9. The SMILES string of the molecule is CC[C@@H]1OC(=O)[C@H](C)[C@@H](O[C@H]2C[C@@](C)(OC)[C@@H](O)[C@H](C)O2)[C@H](C)[C@@H](O[C@@H]2O[C@H](C)C[C@H](N(C)C)[C@H]2O)[C@@](C)(O)C[C@@H](C)/C(=N/OCCCCCc2ccccc2)[C@@H](C)[C@@H](O)[C@]1(C)O. The monoisotopic (exact) mass is 895 g/mol. The summed E-state index contributed by atoms with van der Waals surface area (Å²) in [5.74, 6) is -3.97. The molecule has 4 rings (SSSR count). The van der Waals surface area contributed by atoms with Gasteiger partial charge in [-0.05, 0) is 106 Å². The van der Waals surface area contributed by atoms with Crippen LogP contribution in [0.25, 0.3) is 0 Å². The van der Waals surface area contributed by atoms with Gasteiger partial charge in [-0.1, -0.05) is 63.2 Å². The second-order valence-electron chi connectivity index (χ2n) is 19.7. The molecule has 0 spiro atoms. The van der Waals surface area contributed by atoms with E-state index in [1.807, 2.05) is 51.0 Å². The van der Waals surface area contributed by atoms with Crippen molar-refractivity contribution < 1.29 is 63.6 Å². The maximum atomic E-state index is 14.4. The number of carbonyl (C=O) groups excluding carboxylic acids is 1. The molecule has 5 N–H and O–H groups in total. The van der Waals surface area contributed by atoms with Crippen molar-refractivity contribution in [1.29, 1.82) is 0 Å². The molecule has 3 saturated heterocycles. The molecule has 0 saturated carbocycles. The lowest BCUT2D eigenvalue weighted by molar-refractivity contribution is -0.317. The topological polar surface area (TPSA) is 198 Å². The van der Waals surface area contributed by atoms with Gasteiger partial charge in [0.2, 0.25) is 0 Å². The number of likely N-dealkylation sites (N-methyl/N-ethyl adjacent to an activating group) is 1. The van der Waals surface area contributed by atoms with Crippen LogP contribution in [0.3, 0.4) is 0 Å². The van der Waals surface area contributed by atoms with E-state index in [4.69, 9.17) is 33.3 Å². The lowest BCUT2D eigenvalue weighted by atomic mass is 9.73. The Balaban J connectivity index is 1.77. The number of methoxy groups -OCH3 is 1. The molecular formula is C48H82N2O13. The molecule has 18 atom stereocenters. The summed E-state index contributed by atoms with van der Waals surface area (Å²) in [4.78, 5) is 22.3. The molecule has 0 aromatic heterocycles. The van der Waals surface area contributed by atoms with E-state index in [-0.39, 0.29) is 31.4 Å². The average molecular weight is 895 g/mol. The number of oxime groups is 1. The number of hydrogen-bond donors (Lipinski definition) is 5. The zero-order chi connectivity index (χ0) is 47.0. The summed E-state index contributed by atoms with van der Waals surface area (Å²) in [6, 6.07) is 9.98. The van der Waals surface area contributed by atoms with Gasteiger partial charge in [0.25, 0.3) is 0 Å². The Hall–Kier alpha value is -2.28. The molecule has 0 unspecified atom stereocenters. The van der Waals surface area contributed by atoms with Crippen molar-refractivity contribution in [2.75, 3.05) is 27.8 Å². The molecule has 0 aliphatic carbocycles. The van der Waals surface area contributed by atoms with E-state index in [1.165, 1.54) is 19.6 Å². The van der Waals surface area contributed by atoms with Crippen LogP contribution in [0.4, 0.5) is 0 Å². The fraction of sp³-hybridized carbons (Fsp3) is 0.833. The summed E-state index contributed by atoms with van der Waals surface area (Å²) in [5, 5.41) is 64.3. The molecule has 1 aromatic carbocycles. The van der Waals surface area contributed by atoms with E-state index >= 15 is 0 Å². The van der Waals surface area contributed by atoms with E-state index in [1.54, 1.807) is 48.5 Å². The van der Waals surface area contributed by atoms with Crippen LogP contribution in [0.2, 0.25) is 0 Å². The van der Waals surface area contributed by atoms with E-state index in [9.17, 15) is 30.3 Å². The van der Waals surface area contributed by atoms with E-state index in [0.717, 1.165) is 25.7 Å². The van der Waals surface area contributed by atoms with E-state index < -0.39 is 102 Å². The number of aryl methyl sites for hydroxylation is 1. The number of hydrogen-bond acceptors (Lipinski definition) is 15. The van der Waals surface area contributed by atoms with Gasteiger partial charge < -0.3 is 63.7 Å². The van der Waals surface area contributed by atoms with Crippen LogP contribution in [-0.4, -0.2) is 154 Å². The molecule has 15 heteroatoms. The molecule has 3 heterocycles. The number of esters is 1. The lowest BCUT2D eigenvalue weighted by Crippen LogP contribution is -2.61. The first-order valence-electron chi connectivity index (χ1n) is 23.2. The van der Waals surface area contributed by atoms with Crippen molar-refractivity contribution in [3.8, 4) is 0 Å². The van der Waals surface area contributed by atoms with Crippen LogP contribution in [0, 0.1) is 23.7 Å². The molecule has 63 heavy (non-hydrogen) atoms. The minimum absolute atomic E-state index is 0.0175. The van der Waals surface area contributed by atoms with Gasteiger partial charge in [-0.25, -0.2) is 0 Å². The minimum atomic E-state index is -1.94. The fourth-order valence-electron chi connectivity index (χ4n) is 10.0. The van der Waals surface area contributed by atoms with Crippen molar-refractivity contribution in [2.45, 2.75) is 205 Å². The van der Waals surface area contributed by atoms with Crippen LogP contribution < -0.4 is 0 Å². The summed E-state index contributed by atoms with van der Waals surface area (Å²) in [6.45, 7) is 17.6. The van der Waals surface area contributed by atoms with Crippen molar-refractivity contribution in [2.24, 2.45) is 28.8 Å². The molecule has 3 aliphatic rings. The molecule has 3 aliphatic heterocycles. The first-order valence-corrected chi connectivity index (χ1v) is 23.2. The highest BCUT2D eigenvalue weighted by Gasteiger charge is 2.53. The first kappa shape index (κ1) is 53.3. The van der Waals surface area contributed by atoms with E-state index in [2.05, 4.69) is 17.3 Å². The molecule has 0 amide bonds. The quantitative estimate of drug-likeness (QED) is 0.0950. The molecule has 362 valence electrons. The van der Waals surface area contributed by atoms with Crippen LogP contribution in [0.15, 0.2) is 35.5 Å². The largest absolute Gasteiger partial charge is 0.459 e. The van der Waals surface area contributed by atoms with Crippen LogP contribution >= 0.6 is 0 Å². The third-order valence-corrected chi connectivity index (χ3v) is 14.1. The fourth-order valence-corrected chi connectivity index (χ4v) is 10.0. The molecular weight excluding hydrogens is 813 g/mol. The maximum Gasteiger partial charge on any atom is 0.311 e. The van der Waals surface area contributed by atoms with E-state index in [0.29, 0.717) is 18.7 Å². The van der Waals surface area contributed by atoms with Crippen molar-refractivity contribution in [3.05, 3.63) is 35.9 Å². The van der Waals surface area contributed by atoms with Gasteiger partial charge >= 0.3 is 5.97 Å². The normalized spacial score (nSPS) is 43.1. The highest BCUT2D eigenvalue weighted by Crippen LogP contribution is 2.41. The smallest absolute Gasteiger partial charge is 0.311 e. The van der Waals surface area contributed by atoms with Crippen LogP contribution in [0.1, 0.15) is 120 Å². The predicted molar refractivity (Wildman–Crippen MR) is 239 cm³/mol. The summed E-state index contributed by atoms with van der Waals surface area (Å²) in [6.07, 6.45) is -5.63. The van der Waals surface area contributed by atoms with Crippen LogP contribution in [-0.2, 0) is 44.5 Å². The third-order valence-electron chi connectivity index (χ3n) is 14.1. The second-order valence-corrected chi connectivity index (χ2v) is 19.7. The van der Waals surface area contributed by atoms with Gasteiger partial charge in [0.15, 0.2) is 12.6 Å². The zero-order valence-electron chi connectivity index (χ0n) is 40.3. The number of unbranched alkanes of at least 4 members (excludes halogenated alkanes) is 2. The Bertz CT molecular complexity index is 1580. The van der Waals surface area contributed by atoms with Gasteiger partial charge in [-0.2, -0.15) is 0 Å². The van der Waals surface area contributed by atoms with Gasteiger partial charge in [0.1, 0.15) is 30.5 Å². The number of aliphatic hydroxyl groups excluding tert-OH is 3. The van der Waals surface area contributed by atoms with Gasteiger partial charge in [0.05, 0.1) is 53.4 Å². The number of carbonyl (C=O) groups is 1. The number of ether oxygens (including phenoxy) is 6. The Morgan fingerprint density at radius 3 is 2.16 bits per heavy atom. The van der Waals surface area contributed by atoms with Crippen molar-refractivity contribution in [3.63, 3.8) is 0 Å². The minimum Gasteiger partial charge on any atom is -0.459 e. The highest BCUT2D eigenvalue weighted by atomic mass is 16.7. The number of benzene rings is 1. The highest BCUT2D eigenvalue weighted by molar-refractivity contribution is 5.88. The third kappa shape index (κ3) is 13.2. The number of aliphatic hydroxyl groups is 5. The average Bonchev–Trinajstić information content (AvgIpc) is 3.23. The Morgan fingerprint density at radius 1 is 0.873 bits per heavy atom. The van der Waals surface area contributed by atoms with Crippen molar-refractivity contribution >= 4 is 11.7 Å². The lowest BCUT2D eigenvalue weighted by Gasteiger charge is -2.49. The van der Waals surface area contributed by atoms with Gasteiger partial charge in [-0.3, -0.25) is 4.79 Å². The summed E-state index contributed by atoms with van der Waals surface area (Å²) >= 11 is 0. The number of rotatable bonds is 14. The molecule has 15 nitrogen and oxygen atoms in total. The maximum absolute atomic E-state index is 14.4. The Labute approximate surface area is 376 Å². The standard InChI is InChI=1S/C48H82N2O13/c1-14-36-48(10,56)41(52)30(4)38(49-58-24-20-16-19-23-34-21-17-15-18-22-34)28(2)26-46(8,55)43(63-45-39(51)35(50(11)12)25-29(3)59-45)31(5)40(32(6)44(54)61-36)62-37-27-47(9,57-13)42(53)33(7)60-37/h15,17-18,21-22,28-33,35-37,39-43,45,51-53,55-56H,14,16,19-20,23-27H2,1-13H3/b49-38-/t28-,29-,30-,31+,32-,33+,35+,36+,37+,39-,40+,41-,42+,43-,45+,46+,47-,48-/m1/s1. The van der Waals surface area contributed by atoms with Gasteiger partial charge in [-0.15, -0.1) is 0 Å². The summed E-state index contributed by atoms with van der Waals surface area (Å²) in [7, 11) is 5.26. The predicted octanol–water partition coefficient (Wildman–Crippen LogP) is 5.00. The Kier molecular flexibility index (Phi) is 19.4. The number of nitrogens with zero attached hydrogens (tertiary/aromatic N) is 2. The van der Waals surface area contributed by atoms with Crippen LogP contribution in [0.5, 0.6) is 0 Å². The first-order chi connectivity index (χ1) is 29.5. The summed E-state index contributed by atoms with van der Waals surface area (Å²) in [5.41, 5.74) is -3.05. The Morgan fingerprint density at radius 2 is 1.54 bits per heavy atom. The van der Waals surface area contributed by atoms with Gasteiger partial charge in [0, 0.05) is 37.3 Å². The second kappa shape index (κ2) is 23.0. The molecule has 3 fully saturated rings. The molecule has 0 bridgehead atoms. The molecule has 0 radical (unpaired) electrons. The zero-order valence-corrected chi connectivity index (χ0v) is 40.3. The molecule has 1 aromatic rings.